The molecule has 114 valence electrons. The first kappa shape index (κ1) is 16.9. The Morgan fingerprint density at radius 3 is 2.19 bits per heavy atom. The highest BCUT2D eigenvalue weighted by Gasteiger charge is 2.35. The number of carbonyl (C=O) groups excluding carboxylic acids is 3. The van der Waals surface area contributed by atoms with E-state index < -0.39 is 17.9 Å². The lowest BCUT2D eigenvalue weighted by molar-refractivity contribution is -0.150. The van der Waals surface area contributed by atoms with E-state index in [0.717, 1.165) is 16.7 Å². The van der Waals surface area contributed by atoms with Crippen LogP contribution in [-0.4, -0.2) is 24.8 Å². The zero-order valence-corrected chi connectivity index (χ0v) is 13.0. The third kappa shape index (κ3) is 4.15. The Labute approximate surface area is 124 Å². The van der Waals surface area contributed by atoms with E-state index >= 15 is 0 Å². The summed E-state index contributed by atoms with van der Waals surface area (Å²) in [5.41, 5.74) is 2.71. The van der Waals surface area contributed by atoms with E-state index in [1.807, 2.05) is 32.0 Å². The summed E-state index contributed by atoms with van der Waals surface area (Å²) in [4.78, 5) is 35.3. The molecule has 0 spiro atoms. The third-order valence-electron chi connectivity index (χ3n) is 3.35. The van der Waals surface area contributed by atoms with Gasteiger partial charge in [-0.1, -0.05) is 23.8 Å². The van der Waals surface area contributed by atoms with Gasteiger partial charge in [0, 0.05) is 6.92 Å². The summed E-state index contributed by atoms with van der Waals surface area (Å²) in [6.45, 7) is 6.50. The minimum absolute atomic E-state index is 0.310. The zero-order valence-electron chi connectivity index (χ0n) is 13.0. The number of esters is 1. The van der Waals surface area contributed by atoms with Gasteiger partial charge in [-0.2, -0.15) is 0 Å². The summed E-state index contributed by atoms with van der Waals surface area (Å²) in [5.74, 6) is -2.36. The minimum Gasteiger partial charge on any atom is -0.468 e. The van der Waals surface area contributed by atoms with E-state index in [1.54, 1.807) is 0 Å². The second-order valence-electron chi connectivity index (χ2n) is 5.15. The monoisotopic (exact) mass is 291 g/mol. The van der Waals surface area contributed by atoms with Crippen LogP contribution in [0.3, 0.4) is 0 Å². The Bertz CT molecular complexity index is 565. The smallest absolute Gasteiger partial charge is 0.318 e. The van der Waals surface area contributed by atoms with Crippen LogP contribution >= 0.6 is 0 Å². The Hall–Kier alpha value is -2.17. The largest absolute Gasteiger partial charge is 0.468 e. The molecule has 5 heteroatoms. The van der Waals surface area contributed by atoms with E-state index in [4.69, 9.17) is 4.74 Å². The summed E-state index contributed by atoms with van der Waals surface area (Å²) >= 11 is 0. The SMILES string of the molecule is COC(=O)[C@@H](C(C)=O)[C@@H](NC(C)=O)c1ccc(C)cc1C. The predicted molar refractivity (Wildman–Crippen MR) is 78.7 cm³/mol. The molecule has 2 atom stereocenters. The molecule has 0 radical (unpaired) electrons. The first-order valence-corrected chi connectivity index (χ1v) is 6.70. The second kappa shape index (κ2) is 7.02. The lowest BCUT2D eigenvalue weighted by Crippen LogP contribution is -2.40. The van der Waals surface area contributed by atoms with Crippen molar-refractivity contribution in [1.82, 2.24) is 5.32 Å². The van der Waals surface area contributed by atoms with Crippen molar-refractivity contribution in [2.24, 2.45) is 5.92 Å². The van der Waals surface area contributed by atoms with Crippen LogP contribution in [0.1, 0.15) is 36.6 Å². The lowest BCUT2D eigenvalue weighted by atomic mass is 9.87. The summed E-state index contributed by atoms with van der Waals surface area (Å²) < 4.78 is 4.71. The number of benzene rings is 1. The van der Waals surface area contributed by atoms with E-state index in [1.165, 1.54) is 21.0 Å². The van der Waals surface area contributed by atoms with Gasteiger partial charge in [-0.05, 0) is 31.9 Å². The molecule has 0 aliphatic heterocycles. The normalized spacial score (nSPS) is 13.2. The summed E-state index contributed by atoms with van der Waals surface area (Å²) in [6.07, 6.45) is 0. The lowest BCUT2D eigenvalue weighted by Gasteiger charge is -2.26. The van der Waals surface area contributed by atoms with Gasteiger partial charge in [0.2, 0.25) is 5.91 Å². The van der Waals surface area contributed by atoms with Crippen LogP contribution in [0.2, 0.25) is 0 Å². The van der Waals surface area contributed by atoms with Gasteiger partial charge in [0.15, 0.2) is 0 Å². The van der Waals surface area contributed by atoms with Gasteiger partial charge in [0.25, 0.3) is 0 Å². The number of ketones is 1. The number of carbonyl (C=O) groups is 3. The Morgan fingerprint density at radius 1 is 1.14 bits per heavy atom. The second-order valence-corrected chi connectivity index (χ2v) is 5.15. The maximum absolute atomic E-state index is 11.9. The standard InChI is InChI=1S/C16H21NO4/c1-9-6-7-13(10(2)8-9)15(17-12(4)19)14(11(3)18)16(20)21-5/h6-8,14-15H,1-5H3,(H,17,19)/t14-,15-/m0/s1. The van der Waals surface area contributed by atoms with Crippen molar-refractivity contribution in [2.75, 3.05) is 7.11 Å². The van der Waals surface area contributed by atoms with Gasteiger partial charge in [-0.25, -0.2) is 0 Å². The number of ether oxygens (including phenoxy) is 1. The highest BCUT2D eigenvalue weighted by molar-refractivity contribution is 5.99. The van der Waals surface area contributed by atoms with Crippen molar-refractivity contribution in [3.8, 4) is 0 Å². The third-order valence-corrected chi connectivity index (χ3v) is 3.35. The van der Waals surface area contributed by atoms with Crippen molar-refractivity contribution < 1.29 is 19.1 Å². The van der Waals surface area contributed by atoms with Crippen molar-refractivity contribution in [3.05, 3.63) is 34.9 Å². The molecule has 1 rings (SSSR count). The molecule has 0 bridgehead atoms. The van der Waals surface area contributed by atoms with Crippen LogP contribution in [-0.2, 0) is 19.1 Å². The fourth-order valence-electron chi connectivity index (χ4n) is 2.40. The number of nitrogens with one attached hydrogen (secondary N) is 1. The van der Waals surface area contributed by atoms with Crippen LogP contribution in [0.15, 0.2) is 18.2 Å². The molecule has 0 saturated heterocycles. The molecule has 1 amide bonds. The van der Waals surface area contributed by atoms with Gasteiger partial charge in [-0.15, -0.1) is 0 Å². The van der Waals surface area contributed by atoms with Gasteiger partial charge >= 0.3 is 5.97 Å². The maximum Gasteiger partial charge on any atom is 0.318 e. The minimum atomic E-state index is -1.06. The molecule has 5 nitrogen and oxygen atoms in total. The maximum atomic E-state index is 11.9. The number of hydrogen-bond donors (Lipinski definition) is 1. The first-order valence-electron chi connectivity index (χ1n) is 6.70. The van der Waals surface area contributed by atoms with Crippen LogP contribution in [0.25, 0.3) is 0 Å². The van der Waals surface area contributed by atoms with Gasteiger partial charge in [-0.3, -0.25) is 14.4 Å². The molecule has 21 heavy (non-hydrogen) atoms. The Balaban J connectivity index is 3.35. The molecule has 0 heterocycles. The average molecular weight is 291 g/mol. The predicted octanol–water partition coefficient (Wildman–Crippen LogP) is 1.86. The topological polar surface area (TPSA) is 72.5 Å². The Kier molecular flexibility index (Phi) is 5.64. The molecule has 0 aliphatic carbocycles. The molecule has 0 unspecified atom stereocenters. The van der Waals surface area contributed by atoms with Crippen LogP contribution < -0.4 is 5.32 Å². The van der Waals surface area contributed by atoms with Gasteiger partial charge in [0.1, 0.15) is 11.7 Å². The number of Topliss-reactive ketones (excluding diaryl/α,β-unsaturated/α-hetero) is 1. The van der Waals surface area contributed by atoms with Gasteiger partial charge in [0.05, 0.1) is 13.2 Å². The number of rotatable bonds is 5. The van der Waals surface area contributed by atoms with E-state index in [-0.39, 0.29) is 11.7 Å². The molecule has 0 aromatic heterocycles. The van der Waals surface area contributed by atoms with Crippen molar-refractivity contribution in [2.45, 2.75) is 33.7 Å². The summed E-state index contributed by atoms with van der Waals surface area (Å²) in [7, 11) is 1.23. The molecule has 0 saturated carbocycles. The molecule has 1 aromatic rings. The highest BCUT2D eigenvalue weighted by atomic mass is 16.5. The van der Waals surface area contributed by atoms with Crippen molar-refractivity contribution in [3.63, 3.8) is 0 Å². The molecular formula is C16H21NO4. The number of methoxy groups -OCH3 is 1. The highest BCUT2D eigenvalue weighted by Crippen LogP contribution is 2.27. The fourth-order valence-corrected chi connectivity index (χ4v) is 2.40. The summed E-state index contributed by atoms with van der Waals surface area (Å²) in [6, 6.07) is 4.92. The van der Waals surface area contributed by atoms with Crippen molar-refractivity contribution >= 4 is 17.7 Å². The quantitative estimate of drug-likeness (QED) is 0.664. The molecular weight excluding hydrogens is 270 g/mol. The average Bonchev–Trinajstić information content (AvgIpc) is 2.36. The number of aryl methyl sites for hydroxylation is 2. The number of hydrogen-bond acceptors (Lipinski definition) is 4. The van der Waals surface area contributed by atoms with Crippen LogP contribution in [0, 0.1) is 19.8 Å². The molecule has 0 aliphatic rings. The first-order chi connectivity index (χ1) is 9.77. The van der Waals surface area contributed by atoms with E-state index in [2.05, 4.69) is 5.32 Å². The van der Waals surface area contributed by atoms with E-state index in [0.29, 0.717) is 0 Å². The van der Waals surface area contributed by atoms with Gasteiger partial charge < -0.3 is 10.1 Å². The van der Waals surface area contributed by atoms with Crippen LogP contribution in [0.5, 0.6) is 0 Å². The van der Waals surface area contributed by atoms with E-state index in [9.17, 15) is 14.4 Å². The zero-order chi connectivity index (χ0) is 16.2. The molecule has 1 N–H and O–H groups in total. The summed E-state index contributed by atoms with van der Waals surface area (Å²) in [5, 5.41) is 2.69. The van der Waals surface area contributed by atoms with Crippen molar-refractivity contribution in [1.29, 1.82) is 0 Å². The molecule has 1 aromatic carbocycles. The fraction of sp³-hybridized carbons (Fsp3) is 0.438. The Morgan fingerprint density at radius 2 is 1.76 bits per heavy atom. The number of amides is 1. The molecule has 0 fully saturated rings. The van der Waals surface area contributed by atoms with Crippen LogP contribution in [0.4, 0.5) is 0 Å².